The van der Waals surface area contributed by atoms with E-state index < -0.39 is 0 Å². The van der Waals surface area contributed by atoms with Crippen LogP contribution in [0.2, 0.25) is 5.02 Å². The molecule has 1 amide bonds. The maximum absolute atomic E-state index is 12.1. The maximum atomic E-state index is 12.1. The van der Waals surface area contributed by atoms with Crippen molar-refractivity contribution >= 4 is 44.2 Å². The minimum Gasteiger partial charge on any atom is -0.355 e. The third-order valence-electron chi connectivity index (χ3n) is 5.61. The summed E-state index contributed by atoms with van der Waals surface area (Å²) in [5, 5.41) is 4.90. The van der Waals surface area contributed by atoms with Gasteiger partial charge in [-0.25, -0.2) is 4.98 Å². The second-order valence-electron chi connectivity index (χ2n) is 7.68. The highest BCUT2D eigenvalue weighted by molar-refractivity contribution is 7.22. The van der Waals surface area contributed by atoms with Gasteiger partial charge in [-0.15, -0.1) is 0 Å². The fourth-order valence-corrected chi connectivity index (χ4v) is 4.96. The monoisotopic (exact) mass is 442 g/mol. The molecule has 0 radical (unpaired) electrons. The molecule has 1 aromatic heterocycles. The van der Waals surface area contributed by atoms with Gasteiger partial charge in [0.25, 0.3) is 0 Å². The fourth-order valence-electron chi connectivity index (χ4n) is 3.73. The van der Waals surface area contributed by atoms with E-state index in [0.29, 0.717) is 13.0 Å². The van der Waals surface area contributed by atoms with Gasteiger partial charge in [0.1, 0.15) is 0 Å². The summed E-state index contributed by atoms with van der Waals surface area (Å²) in [4.78, 5) is 21.7. The number of benzene rings is 2. The predicted octanol–water partition coefficient (Wildman–Crippen LogP) is 4.13. The second-order valence-corrected chi connectivity index (χ2v) is 9.10. The Balaban J connectivity index is 1.19. The molecule has 0 bridgehead atoms. The van der Waals surface area contributed by atoms with Crippen molar-refractivity contribution in [2.75, 3.05) is 44.2 Å². The van der Waals surface area contributed by atoms with Crippen LogP contribution in [0.3, 0.4) is 0 Å². The fraction of sp³-hybridized carbons (Fsp3) is 0.391. The molecule has 3 aromatic rings. The summed E-state index contributed by atoms with van der Waals surface area (Å²) in [6, 6.07) is 14.2. The molecule has 0 atom stereocenters. The quantitative estimate of drug-likeness (QED) is 0.597. The lowest BCUT2D eigenvalue weighted by molar-refractivity contribution is -0.121. The van der Waals surface area contributed by atoms with Crippen molar-refractivity contribution in [1.82, 2.24) is 15.2 Å². The number of amides is 1. The zero-order valence-electron chi connectivity index (χ0n) is 17.2. The molecule has 0 saturated carbocycles. The molecule has 1 fully saturated rings. The Morgan fingerprint density at radius 1 is 1.13 bits per heavy atom. The molecule has 1 saturated heterocycles. The molecule has 4 rings (SSSR count). The number of aromatic nitrogens is 1. The lowest BCUT2D eigenvalue weighted by atomic mass is 10.1. The summed E-state index contributed by atoms with van der Waals surface area (Å²) in [6.45, 7) is 7.49. The number of thiazole rings is 1. The van der Waals surface area contributed by atoms with Crippen molar-refractivity contribution in [3.05, 3.63) is 58.6 Å². The van der Waals surface area contributed by atoms with Crippen LogP contribution in [-0.2, 0) is 11.2 Å². The van der Waals surface area contributed by atoms with E-state index in [2.05, 4.69) is 33.3 Å². The van der Waals surface area contributed by atoms with Crippen LogP contribution in [0.15, 0.2) is 42.5 Å². The number of aryl methyl sites for hydroxylation is 2. The minimum absolute atomic E-state index is 0.126. The molecule has 1 N–H and O–H groups in total. The van der Waals surface area contributed by atoms with E-state index in [1.807, 2.05) is 31.2 Å². The number of nitrogens with zero attached hydrogens (tertiary/aromatic N) is 3. The van der Waals surface area contributed by atoms with Gasteiger partial charge in [0, 0.05) is 50.7 Å². The SMILES string of the molecule is Cc1c(Cl)ccc2sc(N3CCN(CCNC(=O)CCc4ccccc4)CC3)nc12. The van der Waals surface area contributed by atoms with Gasteiger partial charge < -0.3 is 10.2 Å². The molecule has 5 nitrogen and oxygen atoms in total. The highest BCUT2D eigenvalue weighted by atomic mass is 35.5. The van der Waals surface area contributed by atoms with Gasteiger partial charge in [-0.1, -0.05) is 53.3 Å². The van der Waals surface area contributed by atoms with E-state index in [0.717, 1.165) is 60.4 Å². The molecule has 2 heterocycles. The summed E-state index contributed by atoms with van der Waals surface area (Å²) in [7, 11) is 0. The van der Waals surface area contributed by atoms with Crippen LogP contribution in [0, 0.1) is 6.92 Å². The summed E-state index contributed by atoms with van der Waals surface area (Å²) in [5.41, 5.74) is 3.28. The Morgan fingerprint density at radius 3 is 2.67 bits per heavy atom. The highest BCUT2D eigenvalue weighted by Gasteiger charge is 2.20. The van der Waals surface area contributed by atoms with Gasteiger partial charge in [-0.2, -0.15) is 0 Å². The molecule has 0 aliphatic carbocycles. The number of nitrogens with one attached hydrogen (secondary N) is 1. The van der Waals surface area contributed by atoms with Gasteiger partial charge in [0.2, 0.25) is 5.91 Å². The maximum Gasteiger partial charge on any atom is 0.220 e. The zero-order chi connectivity index (χ0) is 20.9. The van der Waals surface area contributed by atoms with Crippen LogP contribution in [0.25, 0.3) is 10.2 Å². The summed E-state index contributed by atoms with van der Waals surface area (Å²) in [5.74, 6) is 0.126. The summed E-state index contributed by atoms with van der Waals surface area (Å²) >= 11 is 7.97. The van der Waals surface area contributed by atoms with Crippen molar-refractivity contribution in [3.8, 4) is 0 Å². The van der Waals surface area contributed by atoms with Crippen molar-refractivity contribution in [2.24, 2.45) is 0 Å². The number of fused-ring (bicyclic) bond motifs is 1. The topological polar surface area (TPSA) is 48.5 Å². The van der Waals surface area contributed by atoms with Crippen molar-refractivity contribution in [1.29, 1.82) is 0 Å². The van der Waals surface area contributed by atoms with Crippen LogP contribution >= 0.6 is 22.9 Å². The number of hydrogen-bond acceptors (Lipinski definition) is 5. The first-order valence-electron chi connectivity index (χ1n) is 10.4. The van der Waals surface area contributed by atoms with Crippen LogP contribution in [-0.4, -0.2) is 55.1 Å². The molecule has 1 aliphatic rings. The van der Waals surface area contributed by atoms with Gasteiger partial charge in [0.05, 0.1) is 10.2 Å². The molecule has 158 valence electrons. The Morgan fingerprint density at radius 2 is 1.90 bits per heavy atom. The van der Waals surface area contributed by atoms with Crippen LogP contribution in [0.1, 0.15) is 17.5 Å². The summed E-state index contributed by atoms with van der Waals surface area (Å²) in [6.07, 6.45) is 1.33. The first kappa shape index (κ1) is 21.1. The number of hydrogen-bond donors (Lipinski definition) is 1. The first-order valence-corrected chi connectivity index (χ1v) is 11.6. The minimum atomic E-state index is 0.126. The molecule has 30 heavy (non-hydrogen) atoms. The second kappa shape index (κ2) is 9.77. The third-order valence-corrected chi connectivity index (χ3v) is 7.10. The van der Waals surface area contributed by atoms with Crippen LogP contribution in [0.4, 0.5) is 5.13 Å². The zero-order valence-corrected chi connectivity index (χ0v) is 18.8. The molecular weight excluding hydrogens is 416 g/mol. The Bertz CT molecular complexity index is 999. The van der Waals surface area contributed by atoms with E-state index in [4.69, 9.17) is 16.6 Å². The summed E-state index contributed by atoms with van der Waals surface area (Å²) < 4.78 is 1.19. The Labute approximate surface area is 186 Å². The van der Waals surface area contributed by atoms with Crippen molar-refractivity contribution in [2.45, 2.75) is 19.8 Å². The normalized spacial score (nSPS) is 14.9. The lowest BCUT2D eigenvalue weighted by Gasteiger charge is -2.34. The Kier molecular flexibility index (Phi) is 6.87. The molecule has 7 heteroatoms. The Hall–Kier alpha value is -2.15. The van der Waals surface area contributed by atoms with Gasteiger partial charge in [-0.3, -0.25) is 9.69 Å². The van der Waals surface area contributed by atoms with E-state index >= 15 is 0 Å². The third kappa shape index (κ3) is 5.12. The van der Waals surface area contributed by atoms with E-state index in [1.54, 1.807) is 11.3 Å². The molecule has 2 aromatic carbocycles. The number of anilines is 1. The van der Waals surface area contributed by atoms with Gasteiger partial charge in [-0.05, 0) is 36.6 Å². The number of carbonyl (C=O) groups is 1. The van der Waals surface area contributed by atoms with E-state index in [1.165, 1.54) is 10.3 Å². The van der Waals surface area contributed by atoms with Gasteiger partial charge in [0.15, 0.2) is 5.13 Å². The number of carbonyl (C=O) groups excluding carboxylic acids is 1. The number of piperazine rings is 1. The lowest BCUT2D eigenvalue weighted by Crippen LogP contribution is -2.48. The molecular formula is C23H27ClN4OS. The number of rotatable bonds is 7. The molecule has 0 unspecified atom stereocenters. The smallest absolute Gasteiger partial charge is 0.220 e. The molecule has 0 spiro atoms. The molecule has 1 aliphatic heterocycles. The van der Waals surface area contributed by atoms with E-state index in [-0.39, 0.29) is 5.91 Å². The average molecular weight is 443 g/mol. The highest BCUT2D eigenvalue weighted by Crippen LogP contribution is 2.33. The van der Waals surface area contributed by atoms with E-state index in [9.17, 15) is 4.79 Å². The van der Waals surface area contributed by atoms with Crippen LogP contribution in [0.5, 0.6) is 0 Å². The standard InChI is InChI=1S/C23H27ClN4OS/c1-17-19(24)8-9-20-22(17)26-23(30-20)28-15-13-27(14-16-28)12-11-25-21(29)10-7-18-5-3-2-4-6-18/h2-6,8-9H,7,10-16H2,1H3,(H,25,29). The predicted molar refractivity (Wildman–Crippen MR) is 126 cm³/mol. The van der Waals surface area contributed by atoms with Crippen molar-refractivity contribution < 1.29 is 4.79 Å². The largest absolute Gasteiger partial charge is 0.355 e. The van der Waals surface area contributed by atoms with Crippen molar-refractivity contribution in [3.63, 3.8) is 0 Å². The first-order chi connectivity index (χ1) is 14.6. The average Bonchev–Trinajstić information content (AvgIpc) is 3.21. The van der Waals surface area contributed by atoms with Gasteiger partial charge >= 0.3 is 0 Å². The van der Waals surface area contributed by atoms with Crippen LogP contribution < -0.4 is 10.2 Å². The number of halogens is 1.